The zero-order valence-electron chi connectivity index (χ0n) is 15.0. The van der Waals surface area contributed by atoms with Crippen molar-refractivity contribution < 1.29 is 4.79 Å². The number of aromatic amines is 1. The van der Waals surface area contributed by atoms with E-state index in [0.717, 1.165) is 4.88 Å². The standard InChI is InChI=1S/C20H14ClN5OS2/c21-14-6-9-29-18(14)16-13(10-22)15-17(20(28)25-11-24-15)26(16)8-7-23-19(27)12-4-2-1-3-5-12/h1-6,9,11H,7-8H2,(H,23,27)(H,24,25,28). The van der Waals surface area contributed by atoms with Crippen molar-refractivity contribution in [1.82, 2.24) is 19.9 Å². The molecule has 0 aliphatic heterocycles. The van der Waals surface area contributed by atoms with Gasteiger partial charge in [0.2, 0.25) is 0 Å². The van der Waals surface area contributed by atoms with Gasteiger partial charge in [-0.2, -0.15) is 5.26 Å². The lowest BCUT2D eigenvalue weighted by molar-refractivity contribution is 0.0952. The average Bonchev–Trinajstić information content (AvgIpc) is 3.29. The number of hydrogen-bond acceptors (Lipinski definition) is 5. The number of nitriles is 1. The van der Waals surface area contributed by atoms with Crippen LogP contribution in [0.5, 0.6) is 0 Å². The Morgan fingerprint density at radius 3 is 2.83 bits per heavy atom. The highest BCUT2D eigenvalue weighted by atomic mass is 35.5. The minimum absolute atomic E-state index is 0.165. The van der Waals surface area contributed by atoms with Gasteiger partial charge in [-0.25, -0.2) is 4.98 Å². The van der Waals surface area contributed by atoms with Gasteiger partial charge in [0.05, 0.1) is 27.4 Å². The molecule has 144 valence electrons. The molecule has 0 saturated carbocycles. The minimum Gasteiger partial charge on any atom is -0.350 e. The molecule has 29 heavy (non-hydrogen) atoms. The number of carbonyl (C=O) groups excluding carboxylic acids is 1. The highest BCUT2D eigenvalue weighted by molar-refractivity contribution is 7.71. The molecular weight excluding hydrogens is 426 g/mol. The number of H-pyrrole nitrogens is 1. The predicted octanol–water partition coefficient (Wildman–Crippen LogP) is 4.78. The van der Waals surface area contributed by atoms with E-state index in [9.17, 15) is 10.1 Å². The Balaban J connectivity index is 1.75. The zero-order chi connectivity index (χ0) is 20.4. The normalized spacial score (nSPS) is 10.8. The Hall–Kier alpha value is -2.99. The first-order valence-electron chi connectivity index (χ1n) is 8.68. The molecule has 6 nitrogen and oxygen atoms in total. The molecule has 3 aromatic heterocycles. The van der Waals surface area contributed by atoms with Gasteiger partial charge in [-0.1, -0.05) is 42.0 Å². The van der Waals surface area contributed by atoms with Gasteiger partial charge in [0.15, 0.2) is 4.64 Å². The van der Waals surface area contributed by atoms with Crippen LogP contribution >= 0.6 is 35.2 Å². The highest BCUT2D eigenvalue weighted by Gasteiger charge is 2.23. The summed E-state index contributed by atoms with van der Waals surface area (Å²) in [5, 5.41) is 15.2. The number of hydrogen-bond donors (Lipinski definition) is 2. The van der Waals surface area contributed by atoms with Gasteiger partial charge in [-0.15, -0.1) is 11.3 Å². The van der Waals surface area contributed by atoms with E-state index in [4.69, 9.17) is 23.8 Å². The smallest absolute Gasteiger partial charge is 0.251 e. The molecule has 3 heterocycles. The molecule has 2 N–H and O–H groups in total. The third-order valence-electron chi connectivity index (χ3n) is 4.46. The molecule has 0 saturated heterocycles. The minimum atomic E-state index is -0.165. The van der Waals surface area contributed by atoms with Crippen LogP contribution in [0.15, 0.2) is 48.1 Å². The topological polar surface area (TPSA) is 86.5 Å². The first-order chi connectivity index (χ1) is 14.1. The van der Waals surface area contributed by atoms with E-state index in [-0.39, 0.29) is 5.91 Å². The van der Waals surface area contributed by atoms with Gasteiger partial charge < -0.3 is 14.9 Å². The molecule has 1 aromatic carbocycles. The summed E-state index contributed by atoms with van der Waals surface area (Å²) < 4.78 is 2.28. The largest absolute Gasteiger partial charge is 0.350 e. The maximum absolute atomic E-state index is 12.4. The van der Waals surface area contributed by atoms with Gasteiger partial charge in [0.25, 0.3) is 5.91 Å². The number of halogens is 1. The third kappa shape index (κ3) is 3.56. The number of rotatable bonds is 5. The fraction of sp³-hybridized carbons (Fsp3) is 0.100. The Morgan fingerprint density at radius 2 is 2.14 bits per heavy atom. The second-order valence-corrected chi connectivity index (χ2v) is 7.85. The van der Waals surface area contributed by atoms with Crippen molar-refractivity contribution in [3.8, 4) is 16.6 Å². The molecule has 0 radical (unpaired) electrons. The lowest BCUT2D eigenvalue weighted by atomic mass is 10.2. The van der Waals surface area contributed by atoms with Crippen LogP contribution in [-0.4, -0.2) is 27.0 Å². The summed E-state index contributed by atoms with van der Waals surface area (Å²) in [6, 6.07) is 13.1. The van der Waals surface area contributed by atoms with Crippen LogP contribution in [-0.2, 0) is 6.54 Å². The summed E-state index contributed by atoms with van der Waals surface area (Å²) in [5.41, 5.74) is 2.97. The zero-order valence-corrected chi connectivity index (χ0v) is 17.4. The molecular formula is C20H14ClN5OS2. The number of thiophene rings is 1. The van der Waals surface area contributed by atoms with E-state index in [1.54, 1.807) is 18.2 Å². The van der Waals surface area contributed by atoms with Gasteiger partial charge >= 0.3 is 0 Å². The Labute approximate surface area is 180 Å². The van der Waals surface area contributed by atoms with Crippen LogP contribution in [0.4, 0.5) is 0 Å². The molecule has 4 rings (SSSR count). The SMILES string of the molecule is N#Cc1c(-c2sccc2Cl)n(CCNC(=O)c2ccccc2)c2c(=S)nc[nH]c12. The number of nitrogens with zero attached hydrogens (tertiary/aromatic N) is 3. The monoisotopic (exact) mass is 439 g/mol. The third-order valence-corrected chi connectivity index (χ3v) is 6.10. The van der Waals surface area contributed by atoms with Crippen molar-refractivity contribution in [2.45, 2.75) is 6.54 Å². The number of aromatic nitrogens is 3. The summed E-state index contributed by atoms with van der Waals surface area (Å²) in [4.78, 5) is 20.3. The molecule has 0 aliphatic carbocycles. The quantitative estimate of drug-likeness (QED) is 0.438. The Morgan fingerprint density at radius 1 is 1.34 bits per heavy atom. The Bertz CT molecular complexity index is 1300. The first kappa shape index (κ1) is 19.3. The summed E-state index contributed by atoms with van der Waals surface area (Å²) in [6.07, 6.45) is 1.48. The molecule has 0 bridgehead atoms. The van der Waals surface area contributed by atoms with Crippen molar-refractivity contribution in [2.75, 3.05) is 6.54 Å². The van der Waals surface area contributed by atoms with Crippen LogP contribution in [0, 0.1) is 16.0 Å². The molecule has 0 unspecified atom stereocenters. The van der Waals surface area contributed by atoms with Gasteiger partial charge in [0.1, 0.15) is 17.1 Å². The van der Waals surface area contributed by atoms with Crippen molar-refractivity contribution in [3.63, 3.8) is 0 Å². The highest BCUT2D eigenvalue weighted by Crippen LogP contribution is 2.39. The second kappa shape index (κ2) is 8.17. The van der Waals surface area contributed by atoms with E-state index in [1.807, 2.05) is 28.1 Å². The molecule has 0 fully saturated rings. The molecule has 0 aliphatic rings. The lowest BCUT2D eigenvalue weighted by Crippen LogP contribution is -2.27. The van der Waals surface area contributed by atoms with Crippen LogP contribution in [0.3, 0.4) is 0 Å². The van der Waals surface area contributed by atoms with Crippen LogP contribution in [0.1, 0.15) is 15.9 Å². The van der Waals surface area contributed by atoms with E-state index in [1.165, 1.54) is 17.7 Å². The van der Waals surface area contributed by atoms with Gasteiger partial charge in [-0.3, -0.25) is 4.79 Å². The van der Waals surface area contributed by atoms with E-state index in [2.05, 4.69) is 21.4 Å². The molecule has 9 heteroatoms. The van der Waals surface area contributed by atoms with E-state index < -0.39 is 0 Å². The summed E-state index contributed by atoms with van der Waals surface area (Å²) in [6.45, 7) is 0.755. The predicted molar refractivity (Wildman–Crippen MR) is 117 cm³/mol. The van der Waals surface area contributed by atoms with Crippen molar-refractivity contribution >= 4 is 52.1 Å². The van der Waals surface area contributed by atoms with E-state index in [0.29, 0.717) is 50.6 Å². The van der Waals surface area contributed by atoms with Crippen LogP contribution in [0.2, 0.25) is 5.02 Å². The van der Waals surface area contributed by atoms with Crippen molar-refractivity contribution in [2.24, 2.45) is 0 Å². The number of amides is 1. The summed E-state index contributed by atoms with van der Waals surface area (Å²) >= 11 is 13.2. The van der Waals surface area contributed by atoms with Crippen molar-refractivity contribution in [1.29, 1.82) is 5.26 Å². The van der Waals surface area contributed by atoms with Crippen molar-refractivity contribution in [3.05, 3.63) is 68.9 Å². The Kier molecular flexibility index (Phi) is 5.45. The fourth-order valence-corrected chi connectivity index (χ4v) is 4.67. The lowest BCUT2D eigenvalue weighted by Gasteiger charge is -2.11. The maximum atomic E-state index is 12.4. The average molecular weight is 440 g/mol. The number of benzene rings is 1. The molecule has 1 amide bonds. The summed E-state index contributed by atoms with van der Waals surface area (Å²) in [7, 11) is 0. The number of carbonyl (C=O) groups is 1. The first-order valence-corrected chi connectivity index (χ1v) is 10.3. The number of fused-ring (bicyclic) bond motifs is 1. The fourth-order valence-electron chi connectivity index (χ4n) is 3.20. The summed E-state index contributed by atoms with van der Waals surface area (Å²) in [5.74, 6) is -0.165. The van der Waals surface area contributed by atoms with Crippen LogP contribution < -0.4 is 5.32 Å². The second-order valence-electron chi connectivity index (χ2n) is 6.14. The number of nitrogens with one attached hydrogen (secondary N) is 2. The van der Waals surface area contributed by atoms with Gasteiger partial charge in [-0.05, 0) is 23.6 Å². The maximum Gasteiger partial charge on any atom is 0.251 e. The van der Waals surface area contributed by atoms with Crippen LogP contribution in [0.25, 0.3) is 21.6 Å². The van der Waals surface area contributed by atoms with E-state index >= 15 is 0 Å². The molecule has 4 aromatic rings. The van der Waals surface area contributed by atoms with Gasteiger partial charge in [0, 0.05) is 18.7 Å². The molecule has 0 spiro atoms. The molecule has 0 atom stereocenters.